The highest BCUT2D eigenvalue weighted by Gasteiger charge is 2.40. The molecule has 3 aromatic carbocycles. The van der Waals surface area contributed by atoms with Crippen molar-refractivity contribution in [3.8, 4) is 11.5 Å². The Hall–Kier alpha value is -4.13. The van der Waals surface area contributed by atoms with E-state index in [4.69, 9.17) is 19.2 Å². The largest absolute Gasteiger partial charge is 0.490 e. The van der Waals surface area contributed by atoms with E-state index in [0.717, 1.165) is 51.4 Å². The van der Waals surface area contributed by atoms with Crippen LogP contribution >= 0.6 is 0 Å². The maximum atomic E-state index is 13.1. The molecule has 1 amide bonds. The van der Waals surface area contributed by atoms with E-state index in [9.17, 15) is 9.59 Å². The summed E-state index contributed by atoms with van der Waals surface area (Å²) in [5.41, 5.74) is 5.94. The van der Waals surface area contributed by atoms with Gasteiger partial charge in [0.1, 0.15) is 5.60 Å². The van der Waals surface area contributed by atoms with Gasteiger partial charge in [0, 0.05) is 30.0 Å². The number of rotatable bonds is 8. The van der Waals surface area contributed by atoms with E-state index in [1.165, 1.54) is 6.92 Å². The van der Waals surface area contributed by atoms with Gasteiger partial charge in [-0.2, -0.15) is 0 Å². The molecule has 3 aromatic rings. The van der Waals surface area contributed by atoms with Crippen molar-refractivity contribution >= 4 is 23.3 Å². The van der Waals surface area contributed by atoms with Gasteiger partial charge in [-0.3, -0.25) is 9.79 Å². The van der Waals surface area contributed by atoms with Crippen molar-refractivity contribution in [3.05, 3.63) is 88.0 Å². The number of carbonyl (C=O) groups excluding carboxylic acids is 2. The highest BCUT2D eigenvalue weighted by Crippen LogP contribution is 2.48. The molecule has 2 aliphatic rings. The molecule has 0 bridgehead atoms. The van der Waals surface area contributed by atoms with Crippen LogP contribution in [0.15, 0.2) is 59.6 Å². The molecule has 0 atom stereocenters. The van der Waals surface area contributed by atoms with E-state index in [1.54, 1.807) is 17.9 Å². The third-order valence-electron chi connectivity index (χ3n) is 7.60. The Kier molecular flexibility index (Phi) is 7.88. The average molecular weight is 569 g/mol. The number of ether oxygens (including phenoxy) is 3. The number of hydrogen-bond donors (Lipinski definition) is 0. The minimum absolute atomic E-state index is 0.176. The fourth-order valence-electron chi connectivity index (χ4n) is 5.96. The molecule has 0 aromatic heterocycles. The Morgan fingerprint density at radius 3 is 2.38 bits per heavy atom. The normalized spacial score (nSPS) is 16.0. The third kappa shape index (κ3) is 5.78. The molecule has 0 unspecified atom stereocenters. The van der Waals surface area contributed by atoms with Crippen LogP contribution in [-0.2, 0) is 28.9 Å². The quantitative estimate of drug-likeness (QED) is 0.283. The van der Waals surface area contributed by atoms with E-state index in [0.29, 0.717) is 30.8 Å². The summed E-state index contributed by atoms with van der Waals surface area (Å²) in [4.78, 5) is 33.1. The number of carbonyl (C=O) groups is 2. The van der Waals surface area contributed by atoms with Crippen LogP contribution in [0.2, 0.25) is 0 Å². The number of benzene rings is 3. The number of hydrogen-bond acceptors (Lipinski definition) is 6. The third-order valence-corrected chi connectivity index (χ3v) is 7.60. The van der Waals surface area contributed by atoms with Gasteiger partial charge in [-0.15, -0.1) is 0 Å². The number of aliphatic imine (C=N–C) groups is 1. The summed E-state index contributed by atoms with van der Waals surface area (Å²) in [6.07, 6.45) is 1.47. The Labute approximate surface area is 248 Å². The van der Waals surface area contributed by atoms with Crippen LogP contribution < -0.4 is 14.4 Å². The Morgan fingerprint density at radius 1 is 0.976 bits per heavy atom. The van der Waals surface area contributed by atoms with Gasteiger partial charge < -0.3 is 19.1 Å². The lowest BCUT2D eigenvalue weighted by Crippen LogP contribution is -2.32. The number of amides is 1. The fourth-order valence-corrected chi connectivity index (χ4v) is 5.96. The van der Waals surface area contributed by atoms with Gasteiger partial charge in [0.05, 0.1) is 42.3 Å². The lowest BCUT2D eigenvalue weighted by molar-refractivity contribution is -0.116. The molecule has 42 heavy (non-hydrogen) atoms. The Bertz CT molecular complexity index is 1560. The molecule has 0 saturated heterocycles. The lowest BCUT2D eigenvalue weighted by Gasteiger charge is -2.32. The van der Waals surface area contributed by atoms with Crippen LogP contribution in [0.5, 0.6) is 11.5 Å². The SMILES string of the molecule is CCOC(=O)c1ccc(C2=NC(C)(C)Cc3cc(OCC)c4c(c32)CC(C)(C)O4)cc1N(Cc1ccccc1)C(C)=O. The lowest BCUT2D eigenvalue weighted by atomic mass is 9.80. The van der Waals surface area contributed by atoms with E-state index < -0.39 is 5.97 Å². The average Bonchev–Trinajstić information content (AvgIpc) is 3.26. The molecule has 0 aliphatic carbocycles. The topological polar surface area (TPSA) is 77.4 Å². The summed E-state index contributed by atoms with van der Waals surface area (Å²) >= 11 is 0. The van der Waals surface area contributed by atoms with Gasteiger partial charge >= 0.3 is 5.97 Å². The Balaban J connectivity index is 1.71. The molecule has 7 nitrogen and oxygen atoms in total. The number of anilines is 1. The summed E-state index contributed by atoms with van der Waals surface area (Å²) < 4.78 is 17.9. The minimum Gasteiger partial charge on any atom is -0.490 e. The van der Waals surface area contributed by atoms with Crippen molar-refractivity contribution in [3.63, 3.8) is 0 Å². The van der Waals surface area contributed by atoms with E-state index in [2.05, 4.69) is 33.8 Å². The first-order valence-electron chi connectivity index (χ1n) is 14.7. The maximum absolute atomic E-state index is 13.1. The van der Waals surface area contributed by atoms with Crippen LogP contribution in [-0.4, -0.2) is 41.9 Å². The molecule has 2 heterocycles. The van der Waals surface area contributed by atoms with E-state index in [1.807, 2.05) is 49.4 Å². The van der Waals surface area contributed by atoms with Crippen molar-refractivity contribution in [1.29, 1.82) is 0 Å². The Morgan fingerprint density at radius 2 is 1.71 bits per heavy atom. The van der Waals surface area contributed by atoms with E-state index >= 15 is 0 Å². The summed E-state index contributed by atoms with van der Waals surface area (Å²) in [7, 11) is 0. The van der Waals surface area contributed by atoms with Crippen LogP contribution in [0.25, 0.3) is 0 Å². The minimum atomic E-state index is -0.470. The second kappa shape index (κ2) is 11.3. The predicted molar refractivity (Wildman–Crippen MR) is 165 cm³/mol. The van der Waals surface area contributed by atoms with Crippen molar-refractivity contribution < 1.29 is 23.8 Å². The first kappa shape index (κ1) is 29.4. The van der Waals surface area contributed by atoms with Crippen LogP contribution in [0.4, 0.5) is 5.69 Å². The molecular formula is C35H40N2O5. The van der Waals surface area contributed by atoms with Crippen molar-refractivity contribution in [2.45, 2.75) is 79.0 Å². The van der Waals surface area contributed by atoms with Gasteiger partial charge in [0.2, 0.25) is 5.91 Å². The smallest absolute Gasteiger partial charge is 0.340 e. The van der Waals surface area contributed by atoms with Gasteiger partial charge in [0.25, 0.3) is 0 Å². The van der Waals surface area contributed by atoms with Crippen molar-refractivity contribution in [2.24, 2.45) is 4.99 Å². The second-order valence-corrected chi connectivity index (χ2v) is 12.2. The number of esters is 1. The van der Waals surface area contributed by atoms with Gasteiger partial charge in [0.15, 0.2) is 11.5 Å². The van der Waals surface area contributed by atoms with Gasteiger partial charge in [-0.05, 0) is 77.3 Å². The summed E-state index contributed by atoms with van der Waals surface area (Å²) in [6, 6.07) is 17.4. The summed E-state index contributed by atoms with van der Waals surface area (Å²) in [6.45, 7) is 14.8. The molecule has 220 valence electrons. The summed E-state index contributed by atoms with van der Waals surface area (Å²) in [5, 5.41) is 0. The monoisotopic (exact) mass is 568 g/mol. The molecule has 0 N–H and O–H groups in total. The zero-order valence-electron chi connectivity index (χ0n) is 25.7. The van der Waals surface area contributed by atoms with Crippen molar-refractivity contribution in [2.75, 3.05) is 18.1 Å². The maximum Gasteiger partial charge on any atom is 0.340 e. The molecule has 0 spiro atoms. The standard InChI is InChI=1S/C35H40N2O5/c1-8-40-29-18-25-19-34(4,5)36-31(30(25)27-20-35(6,7)42-32(27)29)24-15-16-26(33(39)41-9-2)28(17-24)37(22(3)38)21-23-13-11-10-12-14-23/h10-18H,8-9,19-21H2,1-7H3. The molecule has 0 saturated carbocycles. The highest BCUT2D eigenvalue weighted by molar-refractivity contribution is 6.17. The van der Waals surface area contributed by atoms with Crippen LogP contribution in [0.3, 0.4) is 0 Å². The first-order chi connectivity index (χ1) is 19.9. The summed E-state index contributed by atoms with van der Waals surface area (Å²) in [5.74, 6) is 0.885. The van der Waals surface area contributed by atoms with Crippen molar-refractivity contribution in [1.82, 2.24) is 0 Å². The van der Waals surface area contributed by atoms with Gasteiger partial charge in [-0.25, -0.2) is 4.79 Å². The second-order valence-electron chi connectivity index (χ2n) is 12.2. The molecule has 0 radical (unpaired) electrons. The molecular weight excluding hydrogens is 528 g/mol. The molecule has 0 fully saturated rings. The fraction of sp³-hybridized carbons (Fsp3) is 0.400. The molecule has 5 rings (SSSR count). The first-order valence-corrected chi connectivity index (χ1v) is 14.7. The van der Waals surface area contributed by atoms with E-state index in [-0.39, 0.29) is 23.7 Å². The van der Waals surface area contributed by atoms with Crippen LogP contribution in [0, 0.1) is 0 Å². The van der Waals surface area contributed by atoms with Gasteiger partial charge in [-0.1, -0.05) is 36.4 Å². The highest BCUT2D eigenvalue weighted by atomic mass is 16.5. The predicted octanol–water partition coefficient (Wildman–Crippen LogP) is 6.70. The van der Waals surface area contributed by atoms with Crippen LogP contribution in [0.1, 0.15) is 86.6 Å². The zero-order chi connectivity index (χ0) is 30.2. The number of fused-ring (bicyclic) bond motifs is 3. The molecule has 7 heteroatoms. The molecule has 2 aliphatic heterocycles. The zero-order valence-corrected chi connectivity index (χ0v) is 25.7. The number of nitrogens with zero attached hydrogens (tertiary/aromatic N) is 2.